The van der Waals surface area contributed by atoms with Gasteiger partial charge in [-0.2, -0.15) is 0 Å². The van der Waals surface area contributed by atoms with Gasteiger partial charge in [-0.25, -0.2) is 0 Å². The molecule has 0 radical (unpaired) electrons. The smallest absolute Gasteiger partial charge is 0.255 e. The van der Waals surface area contributed by atoms with Crippen LogP contribution in [0.15, 0.2) is 16.7 Å². The second-order valence-electron chi connectivity index (χ2n) is 6.98. The Morgan fingerprint density at radius 1 is 1.17 bits per heavy atom. The van der Waals surface area contributed by atoms with Crippen LogP contribution in [0.3, 0.4) is 0 Å². The minimum Gasteiger partial charge on any atom is -0.360 e. The molecule has 2 aromatic heterocycles. The third-order valence-electron chi connectivity index (χ3n) is 5.20. The highest BCUT2D eigenvalue weighted by Crippen LogP contribution is 2.25. The lowest BCUT2D eigenvalue weighted by atomic mass is 10.1. The molecular formula is C19H27N3O2. The molecule has 3 rings (SSSR count). The summed E-state index contributed by atoms with van der Waals surface area (Å²) in [6.45, 7) is 5.85. The molecule has 5 heteroatoms. The zero-order valence-corrected chi connectivity index (χ0v) is 15.1. The molecule has 0 bridgehead atoms. The van der Waals surface area contributed by atoms with Gasteiger partial charge in [0.15, 0.2) is 5.82 Å². The van der Waals surface area contributed by atoms with Crippen LogP contribution in [-0.4, -0.2) is 33.6 Å². The van der Waals surface area contributed by atoms with Crippen molar-refractivity contribution in [2.75, 3.05) is 7.05 Å². The topological polar surface area (TPSA) is 51.3 Å². The first-order valence-corrected chi connectivity index (χ1v) is 8.89. The summed E-state index contributed by atoms with van der Waals surface area (Å²) in [5, 5.41) is 4.09. The van der Waals surface area contributed by atoms with Crippen LogP contribution in [0.2, 0.25) is 0 Å². The fourth-order valence-corrected chi connectivity index (χ4v) is 3.79. The van der Waals surface area contributed by atoms with Gasteiger partial charge in [-0.15, -0.1) is 0 Å². The molecule has 1 saturated carbocycles. The average molecular weight is 329 g/mol. The van der Waals surface area contributed by atoms with Gasteiger partial charge in [-0.3, -0.25) is 9.36 Å². The van der Waals surface area contributed by atoms with Crippen LogP contribution in [0.25, 0.3) is 5.82 Å². The Labute approximate surface area is 143 Å². The number of rotatable bonds is 3. The Balaban J connectivity index is 1.87. The summed E-state index contributed by atoms with van der Waals surface area (Å²) in [5.74, 6) is 1.61. The first-order valence-electron chi connectivity index (χ1n) is 8.89. The molecular weight excluding hydrogens is 302 g/mol. The first kappa shape index (κ1) is 16.8. The Hall–Kier alpha value is -2.04. The van der Waals surface area contributed by atoms with E-state index < -0.39 is 0 Å². The summed E-state index contributed by atoms with van der Waals surface area (Å²) in [5.41, 5.74) is 2.68. The van der Waals surface area contributed by atoms with Crippen LogP contribution < -0.4 is 0 Å². The summed E-state index contributed by atoms with van der Waals surface area (Å²) in [7, 11) is 1.95. The second-order valence-corrected chi connectivity index (χ2v) is 6.98. The lowest BCUT2D eigenvalue weighted by molar-refractivity contribution is 0.0717. The lowest BCUT2D eigenvalue weighted by Gasteiger charge is -2.27. The van der Waals surface area contributed by atoms with Gasteiger partial charge in [0, 0.05) is 30.5 Å². The molecule has 24 heavy (non-hydrogen) atoms. The third-order valence-corrected chi connectivity index (χ3v) is 5.20. The number of hydrogen-bond acceptors (Lipinski definition) is 3. The third kappa shape index (κ3) is 3.12. The number of aromatic nitrogens is 2. The van der Waals surface area contributed by atoms with E-state index in [1.54, 1.807) is 0 Å². The molecule has 1 aliphatic carbocycles. The zero-order chi connectivity index (χ0) is 17.3. The molecule has 0 aliphatic heterocycles. The maximum absolute atomic E-state index is 13.0. The van der Waals surface area contributed by atoms with Crippen molar-refractivity contribution in [3.63, 3.8) is 0 Å². The van der Waals surface area contributed by atoms with E-state index >= 15 is 0 Å². The van der Waals surface area contributed by atoms with Crippen molar-refractivity contribution in [1.29, 1.82) is 0 Å². The molecule has 1 fully saturated rings. The van der Waals surface area contributed by atoms with E-state index in [2.05, 4.69) is 5.16 Å². The molecule has 130 valence electrons. The Morgan fingerprint density at radius 2 is 1.83 bits per heavy atom. The van der Waals surface area contributed by atoms with Crippen molar-refractivity contribution < 1.29 is 9.32 Å². The Bertz CT molecular complexity index is 721. The van der Waals surface area contributed by atoms with Crippen molar-refractivity contribution >= 4 is 5.91 Å². The summed E-state index contributed by atoms with van der Waals surface area (Å²) in [6, 6.07) is 4.22. The molecule has 0 atom stereocenters. The molecule has 2 heterocycles. The molecule has 0 unspecified atom stereocenters. The van der Waals surface area contributed by atoms with Crippen LogP contribution in [-0.2, 0) is 0 Å². The second kappa shape index (κ2) is 6.83. The number of carbonyl (C=O) groups is 1. The van der Waals surface area contributed by atoms with Crippen molar-refractivity contribution in [3.8, 4) is 5.82 Å². The normalized spacial score (nSPS) is 16.2. The Kier molecular flexibility index (Phi) is 4.78. The van der Waals surface area contributed by atoms with Crippen molar-refractivity contribution in [2.45, 2.75) is 65.3 Å². The highest BCUT2D eigenvalue weighted by molar-refractivity contribution is 5.96. The minimum absolute atomic E-state index is 0.112. The number of aryl methyl sites for hydroxylation is 2. The molecule has 1 amide bonds. The van der Waals surface area contributed by atoms with Crippen molar-refractivity contribution in [3.05, 3.63) is 34.8 Å². The van der Waals surface area contributed by atoms with E-state index in [1.807, 2.05) is 49.4 Å². The predicted molar refractivity (Wildman–Crippen MR) is 93.6 cm³/mol. The average Bonchev–Trinajstić information content (AvgIpc) is 2.97. The predicted octanol–water partition coefficient (Wildman–Crippen LogP) is 4.19. The van der Waals surface area contributed by atoms with Crippen LogP contribution in [0.5, 0.6) is 0 Å². The Morgan fingerprint density at radius 3 is 2.42 bits per heavy atom. The quantitative estimate of drug-likeness (QED) is 0.794. The summed E-state index contributed by atoms with van der Waals surface area (Å²) in [4.78, 5) is 15.0. The van der Waals surface area contributed by atoms with Gasteiger partial charge >= 0.3 is 0 Å². The highest BCUT2D eigenvalue weighted by Gasteiger charge is 2.26. The molecule has 1 aliphatic rings. The number of amides is 1. The van der Waals surface area contributed by atoms with E-state index in [4.69, 9.17) is 4.52 Å². The molecule has 0 saturated heterocycles. The maximum Gasteiger partial charge on any atom is 0.255 e. The van der Waals surface area contributed by atoms with Gasteiger partial charge < -0.3 is 9.42 Å². The van der Waals surface area contributed by atoms with Crippen LogP contribution in [0.1, 0.15) is 66.0 Å². The summed E-state index contributed by atoms with van der Waals surface area (Å²) in [6.07, 6.45) is 7.25. The summed E-state index contributed by atoms with van der Waals surface area (Å²) < 4.78 is 7.18. The van der Waals surface area contributed by atoms with Gasteiger partial charge in [-0.05, 0) is 39.7 Å². The maximum atomic E-state index is 13.0. The lowest BCUT2D eigenvalue weighted by Crippen LogP contribution is -2.37. The SMILES string of the molecule is Cc1cc(-n2c(C)cc(C(=O)N(C)C3CCCCCC3)c2C)no1. The van der Waals surface area contributed by atoms with E-state index in [-0.39, 0.29) is 5.91 Å². The number of hydrogen-bond donors (Lipinski definition) is 0. The van der Waals surface area contributed by atoms with Gasteiger partial charge in [0.25, 0.3) is 5.91 Å². The van der Waals surface area contributed by atoms with Gasteiger partial charge in [0.2, 0.25) is 0 Å². The fraction of sp³-hybridized carbons (Fsp3) is 0.579. The standard InChI is InChI=1S/C19H27N3O2/c1-13-11-17(15(3)22(13)18-12-14(2)24-20-18)19(23)21(4)16-9-7-5-6-8-10-16/h11-12,16H,5-10H2,1-4H3. The van der Waals surface area contributed by atoms with Crippen molar-refractivity contribution in [1.82, 2.24) is 14.6 Å². The fourth-order valence-electron chi connectivity index (χ4n) is 3.79. The number of carbonyl (C=O) groups excluding carboxylic acids is 1. The monoisotopic (exact) mass is 329 g/mol. The van der Waals surface area contributed by atoms with Gasteiger partial charge in [0.1, 0.15) is 5.76 Å². The zero-order valence-electron chi connectivity index (χ0n) is 15.1. The summed E-state index contributed by atoms with van der Waals surface area (Å²) >= 11 is 0. The van der Waals surface area contributed by atoms with Gasteiger partial charge in [-0.1, -0.05) is 30.8 Å². The molecule has 0 aromatic carbocycles. The van der Waals surface area contributed by atoms with Crippen LogP contribution in [0, 0.1) is 20.8 Å². The molecule has 0 N–H and O–H groups in total. The van der Waals surface area contributed by atoms with E-state index in [0.717, 1.165) is 41.4 Å². The van der Waals surface area contributed by atoms with E-state index in [1.165, 1.54) is 25.7 Å². The largest absolute Gasteiger partial charge is 0.360 e. The molecule has 5 nitrogen and oxygen atoms in total. The van der Waals surface area contributed by atoms with E-state index in [9.17, 15) is 4.79 Å². The van der Waals surface area contributed by atoms with E-state index in [0.29, 0.717) is 6.04 Å². The molecule has 0 spiro atoms. The van der Waals surface area contributed by atoms with Crippen LogP contribution in [0.4, 0.5) is 0 Å². The minimum atomic E-state index is 0.112. The molecule has 2 aromatic rings. The first-order chi connectivity index (χ1) is 11.5. The van der Waals surface area contributed by atoms with Crippen molar-refractivity contribution in [2.24, 2.45) is 0 Å². The number of nitrogens with zero attached hydrogens (tertiary/aromatic N) is 3. The van der Waals surface area contributed by atoms with Crippen LogP contribution >= 0.6 is 0 Å². The van der Waals surface area contributed by atoms with Gasteiger partial charge in [0.05, 0.1) is 5.56 Å². The highest BCUT2D eigenvalue weighted by atomic mass is 16.5.